The van der Waals surface area contributed by atoms with E-state index in [4.69, 9.17) is 0 Å². The van der Waals surface area contributed by atoms with Crippen molar-refractivity contribution in [2.45, 2.75) is 70.5 Å². The van der Waals surface area contributed by atoms with Crippen molar-refractivity contribution in [3.8, 4) is 0 Å². The van der Waals surface area contributed by atoms with Crippen molar-refractivity contribution < 1.29 is 28.0 Å². The number of benzene rings is 3. The molecule has 3 atom stereocenters. The average Bonchev–Trinajstić information content (AvgIpc) is 2.99. The van der Waals surface area contributed by atoms with Gasteiger partial charge in [0.15, 0.2) is 4.90 Å². The Morgan fingerprint density at radius 1 is 0.932 bits per heavy atom. The maximum absolute atomic E-state index is 14.0. The van der Waals surface area contributed by atoms with Gasteiger partial charge in [-0.1, -0.05) is 26.0 Å². The van der Waals surface area contributed by atoms with Crippen LogP contribution in [0.3, 0.4) is 0 Å². The Bertz CT molecular complexity index is 1380. The van der Waals surface area contributed by atoms with Crippen molar-refractivity contribution in [1.29, 1.82) is 0 Å². The third-order valence-corrected chi connectivity index (χ3v) is 8.43. The molecular formula is C34H43F2N3O4S. The number of rotatable bonds is 16. The number of aliphatic hydroxyl groups excluding tert-OH is 1. The van der Waals surface area contributed by atoms with Crippen LogP contribution in [0, 0.1) is 18.6 Å². The quantitative estimate of drug-likeness (QED) is 0.191. The van der Waals surface area contributed by atoms with Crippen LogP contribution >= 0.6 is 0 Å². The summed E-state index contributed by atoms with van der Waals surface area (Å²) in [6.45, 7) is 9.29. The van der Waals surface area contributed by atoms with Crippen LogP contribution in [0.1, 0.15) is 71.0 Å². The van der Waals surface area contributed by atoms with Crippen molar-refractivity contribution in [1.82, 2.24) is 15.5 Å². The molecule has 3 aromatic carbocycles. The lowest BCUT2D eigenvalue weighted by Gasteiger charge is -2.25. The summed E-state index contributed by atoms with van der Waals surface area (Å²) < 4.78 is 40.2. The van der Waals surface area contributed by atoms with Crippen LogP contribution in [-0.2, 0) is 24.1 Å². The monoisotopic (exact) mass is 627 g/mol. The zero-order valence-electron chi connectivity index (χ0n) is 25.9. The Labute approximate surface area is 262 Å². The predicted octanol–water partition coefficient (Wildman–Crippen LogP) is 5.15. The predicted molar refractivity (Wildman–Crippen MR) is 170 cm³/mol. The largest absolute Gasteiger partial charge is 0.611 e. The Morgan fingerprint density at radius 2 is 1.59 bits per heavy atom. The summed E-state index contributed by atoms with van der Waals surface area (Å²) in [6, 6.07) is 14.5. The standard InChI is InChI=1S/C34H43F2N3O4S/c1-5-11-39(12-6-2)34(42)27-14-23(4)13-26(19-27)33(41)38-31(18-25-15-28(35)20-29(36)16-25)32(40)22-37-21-24-9-8-10-30(17-24)44(43)7-3/h8-10,13-17,19-20,31-32,37,40H,5-7,11-12,18,21-22H2,1-4H3,(H,38,41)/t31?,32-,44?/m1/s1. The molecule has 0 aromatic heterocycles. The maximum atomic E-state index is 14.0. The summed E-state index contributed by atoms with van der Waals surface area (Å²) in [5.41, 5.74) is 2.52. The van der Waals surface area contributed by atoms with E-state index in [2.05, 4.69) is 10.6 Å². The lowest BCUT2D eigenvalue weighted by Crippen LogP contribution is -2.48. The summed E-state index contributed by atoms with van der Waals surface area (Å²) in [5.74, 6) is -1.69. The number of aliphatic hydroxyl groups is 1. The number of carbonyl (C=O) groups is 2. The highest BCUT2D eigenvalue weighted by molar-refractivity contribution is 7.91. The number of amides is 2. The smallest absolute Gasteiger partial charge is 0.253 e. The van der Waals surface area contributed by atoms with Gasteiger partial charge in [-0.25, -0.2) is 8.78 Å². The van der Waals surface area contributed by atoms with Crippen LogP contribution in [-0.4, -0.2) is 63.9 Å². The molecule has 0 bridgehead atoms. The first-order valence-electron chi connectivity index (χ1n) is 15.1. The Balaban J connectivity index is 1.80. The molecule has 3 N–H and O–H groups in total. The van der Waals surface area contributed by atoms with E-state index >= 15 is 0 Å². The summed E-state index contributed by atoms with van der Waals surface area (Å²) in [7, 11) is 0. The second-order valence-electron chi connectivity index (χ2n) is 10.9. The van der Waals surface area contributed by atoms with Gasteiger partial charge in [0.2, 0.25) is 0 Å². The van der Waals surface area contributed by atoms with Gasteiger partial charge in [-0.15, -0.1) is 0 Å². The van der Waals surface area contributed by atoms with E-state index in [1.54, 1.807) is 36.1 Å². The molecule has 0 fully saturated rings. The van der Waals surface area contributed by atoms with Crippen LogP contribution in [0.4, 0.5) is 8.78 Å². The normalized spacial score (nSPS) is 13.3. The molecule has 2 unspecified atom stereocenters. The number of hydrogen-bond donors (Lipinski definition) is 3. The molecule has 0 saturated heterocycles. The van der Waals surface area contributed by atoms with E-state index in [-0.39, 0.29) is 30.0 Å². The molecule has 3 aromatic rings. The van der Waals surface area contributed by atoms with Crippen molar-refractivity contribution >= 4 is 23.0 Å². The van der Waals surface area contributed by atoms with Crippen molar-refractivity contribution in [3.63, 3.8) is 0 Å². The Hall–Kier alpha value is -3.31. The number of aryl methyl sites for hydroxylation is 1. The van der Waals surface area contributed by atoms with E-state index in [0.717, 1.165) is 30.0 Å². The van der Waals surface area contributed by atoms with E-state index in [9.17, 15) is 28.0 Å². The van der Waals surface area contributed by atoms with Crippen LogP contribution in [0.15, 0.2) is 65.6 Å². The van der Waals surface area contributed by atoms with Gasteiger partial charge < -0.3 is 25.2 Å². The van der Waals surface area contributed by atoms with E-state index in [1.165, 1.54) is 12.1 Å². The number of nitrogens with zero attached hydrogens (tertiary/aromatic N) is 1. The topological polar surface area (TPSA) is 105 Å². The molecule has 7 nitrogen and oxygen atoms in total. The van der Waals surface area contributed by atoms with Gasteiger partial charge in [0.25, 0.3) is 11.8 Å². The average molecular weight is 628 g/mol. The zero-order chi connectivity index (χ0) is 32.2. The third-order valence-electron chi connectivity index (χ3n) is 7.13. The molecule has 0 spiro atoms. The fourth-order valence-corrected chi connectivity index (χ4v) is 5.91. The fraction of sp³-hybridized carbons (Fsp3) is 0.412. The molecule has 0 aliphatic heterocycles. The first-order chi connectivity index (χ1) is 21.0. The number of nitrogens with one attached hydrogen (secondary N) is 2. The maximum Gasteiger partial charge on any atom is 0.253 e. The fourth-order valence-electron chi connectivity index (χ4n) is 5.06. The van der Waals surface area contributed by atoms with Crippen molar-refractivity contribution in [3.05, 3.63) is 100 Å². The molecule has 44 heavy (non-hydrogen) atoms. The second-order valence-corrected chi connectivity index (χ2v) is 12.7. The highest BCUT2D eigenvalue weighted by Crippen LogP contribution is 2.17. The minimum atomic E-state index is -1.13. The lowest BCUT2D eigenvalue weighted by atomic mass is 9.99. The molecule has 0 aliphatic carbocycles. The zero-order valence-corrected chi connectivity index (χ0v) is 26.7. The molecule has 0 aliphatic rings. The van der Waals surface area contributed by atoms with Gasteiger partial charge in [-0.3, -0.25) is 9.59 Å². The molecule has 2 amide bonds. The van der Waals surface area contributed by atoms with Crippen LogP contribution in [0.2, 0.25) is 0 Å². The van der Waals surface area contributed by atoms with E-state index in [1.807, 2.05) is 39.0 Å². The number of hydrogen-bond acceptors (Lipinski definition) is 5. The van der Waals surface area contributed by atoms with Gasteiger partial charge in [-0.2, -0.15) is 0 Å². The summed E-state index contributed by atoms with van der Waals surface area (Å²) in [4.78, 5) is 29.3. The molecule has 0 radical (unpaired) electrons. The summed E-state index contributed by atoms with van der Waals surface area (Å²) in [5, 5.41) is 17.2. The highest BCUT2D eigenvalue weighted by Gasteiger charge is 2.24. The van der Waals surface area contributed by atoms with Crippen molar-refractivity contribution in [2.24, 2.45) is 0 Å². The molecule has 10 heteroatoms. The lowest BCUT2D eigenvalue weighted by molar-refractivity contribution is 0.0755. The Kier molecular flexibility index (Phi) is 13.8. The summed E-state index contributed by atoms with van der Waals surface area (Å²) >= 11 is -1.10. The number of carbonyl (C=O) groups excluding carboxylic acids is 2. The van der Waals surface area contributed by atoms with E-state index < -0.39 is 40.9 Å². The van der Waals surface area contributed by atoms with Crippen LogP contribution in [0.5, 0.6) is 0 Å². The van der Waals surface area contributed by atoms with Crippen LogP contribution in [0.25, 0.3) is 0 Å². The van der Waals surface area contributed by atoms with Gasteiger partial charge in [-0.05, 0) is 103 Å². The summed E-state index contributed by atoms with van der Waals surface area (Å²) in [6.07, 6.45) is 0.451. The first kappa shape index (κ1) is 35.2. The third kappa shape index (κ3) is 10.4. The minimum absolute atomic E-state index is 0.0351. The first-order valence-corrected chi connectivity index (χ1v) is 16.4. The van der Waals surface area contributed by atoms with E-state index in [0.29, 0.717) is 35.8 Å². The Morgan fingerprint density at radius 3 is 2.23 bits per heavy atom. The molecule has 238 valence electrons. The van der Waals surface area contributed by atoms with Crippen LogP contribution < -0.4 is 10.6 Å². The van der Waals surface area contributed by atoms with Crippen molar-refractivity contribution in [2.75, 3.05) is 25.4 Å². The minimum Gasteiger partial charge on any atom is -0.611 e. The van der Waals surface area contributed by atoms with Gasteiger partial charge in [0.05, 0.1) is 12.1 Å². The molecule has 0 heterocycles. The van der Waals surface area contributed by atoms with Gasteiger partial charge >= 0.3 is 0 Å². The molecule has 3 rings (SSSR count). The van der Waals surface area contributed by atoms with Gasteiger partial charge in [0.1, 0.15) is 17.4 Å². The second kappa shape index (κ2) is 17.2. The molecular weight excluding hydrogens is 584 g/mol. The van der Waals surface area contributed by atoms with Gasteiger partial charge in [0, 0.05) is 43.4 Å². The molecule has 0 saturated carbocycles. The SMILES string of the molecule is CCCN(CCC)C(=O)c1cc(C)cc(C(=O)NC(Cc2cc(F)cc(F)c2)[C@H](O)CNCc2cccc([S+]([O-])CC)c2)c1. The number of halogens is 2. The highest BCUT2D eigenvalue weighted by atomic mass is 32.2.